The Labute approximate surface area is 154 Å². The van der Waals surface area contributed by atoms with Crippen LogP contribution >= 0.6 is 0 Å². The van der Waals surface area contributed by atoms with Crippen LogP contribution in [0.5, 0.6) is 5.75 Å². The fourth-order valence-corrected chi connectivity index (χ4v) is 3.51. The maximum Gasteiger partial charge on any atom is 0.525 e. The predicted octanol–water partition coefficient (Wildman–Crippen LogP) is 2.55. The molecule has 0 spiro atoms. The first kappa shape index (κ1) is 17.1. The molecule has 9 heteroatoms. The van der Waals surface area contributed by atoms with E-state index >= 15 is 0 Å². The van der Waals surface area contributed by atoms with Gasteiger partial charge >= 0.3 is 6.16 Å². The highest BCUT2D eigenvalue weighted by Crippen LogP contribution is 2.36. The summed E-state index contributed by atoms with van der Waals surface area (Å²) in [5, 5.41) is 11.0. The summed E-state index contributed by atoms with van der Waals surface area (Å²) >= 11 is 0. The molecule has 4 rings (SSSR count). The second kappa shape index (κ2) is 6.76. The molecule has 0 radical (unpaired) electrons. The van der Waals surface area contributed by atoms with Crippen molar-refractivity contribution >= 4 is 23.0 Å². The normalized spacial score (nSPS) is 17.3. The minimum atomic E-state index is -1.31. The Bertz CT molecular complexity index is 985. The predicted molar refractivity (Wildman–Crippen MR) is 98.3 cm³/mol. The maximum absolute atomic E-state index is 10.8. The molecule has 9 nitrogen and oxygen atoms in total. The van der Waals surface area contributed by atoms with E-state index in [9.17, 15) is 4.79 Å². The van der Waals surface area contributed by atoms with Crippen LogP contribution in [0.3, 0.4) is 0 Å². The van der Waals surface area contributed by atoms with Crippen molar-refractivity contribution in [2.24, 2.45) is 0 Å². The molecule has 1 atom stereocenters. The first-order valence-corrected chi connectivity index (χ1v) is 8.48. The second-order valence-electron chi connectivity index (χ2n) is 6.32. The number of anilines is 1. The number of nitrogens with two attached hydrogens (primary N) is 1. The van der Waals surface area contributed by atoms with Gasteiger partial charge in [-0.2, -0.15) is 0 Å². The molecule has 1 aliphatic rings. The Kier molecular flexibility index (Phi) is 4.28. The SMILES string of the molecule is COc1ccc(-c2cn(C3CCN(OC(=O)O)C3)c3ncnc(N)c23)cc1. The summed E-state index contributed by atoms with van der Waals surface area (Å²) in [6, 6.07) is 7.71. The minimum Gasteiger partial charge on any atom is -0.497 e. The van der Waals surface area contributed by atoms with Crippen molar-refractivity contribution in [3.63, 3.8) is 0 Å². The topological polar surface area (TPSA) is 116 Å². The lowest BCUT2D eigenvalue weighted by Crippen LogP contribution is -2.24. The van der Waals surface area contributed by atoms with Gasteiger partial charge in [-0.25, -0.2) is 14.8 Å². The van der Waals surface area contributed by atoms with Crippen LogP contribution in [0.1, 0.15) is 12.5 Å². The highest BCUT2D eigenvalue weighted by Gasteiger charge is 2.29. The van der Waals surface area contributed by atoms with E-state index in [4.69, 9.17) is 20.4 Å². The molecule has 1 unspecified atom stereocenters. The minimum absolute atomic E-state index is 0.0214. The van der Waals surface area contributed by atoms with Crippen molar-refractivity contribution in [1.29, 1.82) is 0 Å². The Morgan fingerprint density at radius 3 is 2.78 bits per heavy atom. The number of hydroxylamine groups is 2. The number of hydrogen-bond acceptors (Lipinski definition) is 7. The van der Waals surface area contributed by atoms with Gasteiger partial charge in [0.05, 0.1) is 25.1 Å². The van der Waals surface area contributed by atoms with Crippen LogP contribution in [0.25, 0.3) is 22.2 Å². The van der Waals surface area contributed by atoms with Crippen LogP contribution in [-0.2, 0) is 4.84 Å². The summed E-state index contributed by atoms with van der Waals surface area (Å²) in [6.07, 6.45) is 2.86. The van der Waals surface area contributed by atoms with Gasteiger partial charge in [-0.3, -0.25) is 0 Å². The van der Waals surface area contributed by atoms with E-state index in [0.29, 0.717) is 18.9 Å². The molecule has 0 saturated carbocycles. The average Bonchev–Trinajstić information content (AvgIpc) is 3.26. The highest BCUT2D eigenvalue weighted by molar-refractivity contribution is 6.00. The van der Waals surface area contributed by atoms with Gasteiger partial charge in [0.15, 0.2) is 0 Å². The number of benzene rings is 1. The molecular formula is C18H19N5O4. The fraction of sp³-hybridized carbons (Fsp3) is 0.278. The van der Waals surface area contributed by atoms with Gasteiger partial charge < -0.3 is 25.0 Å². The van der Waals surface area contributed by atoms with Crippen molar-refractivity contribution in [1.82, 2.24) is 19.6 Å². The van der Waals surface area contributed by atoms with Gasteiger partial charge in [0.25, 0.3) is 0 Å². The molecule has 0 bridgehead atoms. The summed E-state index contributed by atoms with van der Waals surface area (Å²) in [4.78, 5) is 24.1. The first-order valence-electron chi connectivity index (χ1n) is 8.48. The van der Waals surface area contributed by atoms with Gasteiger partial charge in [0.2, 0.25) is 0 Å². The smallest absolute Gasteiger partial charge is 0.497 e. The van der Waals surface area contributed by atoms with Crippen molar-refractivity contribution in [3.05, 3.63) is 36.8 Å². The van der Waals surface area contributed by atoms with Crippen LogP contribution in [0.2, 0.25) is 0 Å². The molecule has 27 heavy (non-hydrogen) atoms. The summed E-state index contributed by atoms with van der Waals surface area (Å²) in [5.74, 6) is 1.17. The lowest BCUT2D eigenvalue weighted by molar-refractivity contribution is -0.104. The van der Waals surface area contributed by atoms with E-state index < -0.39 is 6.16 Å². The van der Waals surface area contributed by atoms with Gasteiger partial charge in [-0.05, 0) is 24.1 Å². The Morgan fingerprint density at radius 2 is 2.07 bits per heavy atom. The molecule has 1 aliphatic heterocycles. The third-order valence-corrected chi connectivity index (χ3v) is 4.77. The fourth-order valence-electron chi connectivity index (χ4n) is 3.51. The number of carboxylic acid groups (broad SMARTS) is 1. The second-order valence-corrected chi connectivity index (χ2v) is 6.32. The summed E-state index contributed by atoms with van der Waals surface area (Å²) in [5.41, 5.74) is 8.76. The van der Waals surface area contributed by atoms with E-state index in [-0.39, 0.29) is 6.04 Å². The van der Waals surface area contributed by atoms with Gasteiger partial charge in [0.1, 0.15) is 23.5 Å². The van der Waals surface area contributed by atoms with E-state index in [0.717, 1.165) is 34.3 Å². The lowest BCUT2D eigenvalue weighted by Gasteiger charge is -2.14. The van der Waals surface area contributed by atoms with E-state index in [1.54, 1.807) is 7.11 Å². The Balaban J connectivity index is 1.76. The number of fused-ring (bicyclic) bond motifs is 1. The molecule has 1 fully saturated rings. The quantitative estimate of drug-likeness (QED) is 0.721. The maximum atomic E-state index is 10.8. The third-order valence-electron chi connectivity index (χ3n) is 4.77. The van der Waals surface area contributed by atoms with Crippen LogP contribution < -0.4 is 10.5 Å². The summed E-state index contributed by atoms with van der Waals surface area (Å²) < 4.78 is 7.25. The first-order chi connectivity index (χ1) is 13.1. The monoisotopic (exact) mass is 369 g/mol. The number of nitrogens with zero attached hydrogens (tertiary/aromatic N) is 4. The molecule has 1 saturated heterocycles. The standard InChI is InChI=1S/C18H19N5O4/c1-26-13-4-2-11(3-5-13)14-9-23(17-15(14)16(19)20-10-21-17)12-6-7-22(8-12)27-18(24)25/h2-5,9-10,12H,6-8H2,1H3,(H,24,25)(H2,19,20,21). The number of carbonyl (C=O) groups is 1. The molecular weight excluding hydrogens is 350 g/mol. The van der Waals surface area contributed by atoms with Crippen molar-refractivity contribution in [3.8, 4) is 16.9 Å². The molecule has 140 valence electrons. The van der Waals surface area contributed by atoms with Gasteiger partial charge in [-0.1, -0.05) is 12.1 Å². The molecule has 3 aromatic rings. The molecule has 0 amide bonds. The zero-order valence-electron chi connectivity index (χ0n) is 14.7. The molecule has 3 heterocycles. The molecule has 0 aliphatic carbocycles. The van der Waals surface area contributed by atoms with E-state index in [2.05, 4.69) is 9.97 Å². The highest BCUT2D eigenvalue weighted by atomic mass is 16.8. The van der Waals surface area contributed by atoms with Crippen molar-refractivity contribution in [2.45, 2.75) is 12.5 Å². The Morgan fingerprint density at radius 1 is 1.30 bits per heavy atom. The summed E-state index contributed by atoms with van der Waals surface area (Å²) in [6.45, 7) is 0.969. The van der Waals surface area contributed by atoms with Crippen molar-refractivity contribution < 1.29 is 19.5 Å². The van der Waals surface area contributed by atoms with E-state index in [1.165, 1.54) is 11.4 Å². The number of ether oxygens (including phenoxy) is 1. The largest absolute Gasteiger partial charge is 0.525 e. The van der Waals surface area contributed by atoms with Gasteiger partial charge in [-0.15, -0.1) is 5.06 Å². The van der Waals surface area contributed by atoms with Crippen molar-refractivity contribution in [2.75, 3.05) is 25.9 Å². The van der Waals surface area contributed by atoms with Crippen LogP contribution in [0, 0.1) is 0 Å². The number of rotatable bonds is 4. The van der Waals surface area contributed by atoms with Crippen LogP contribution in [-0.4, -0.2) is 51.1 Å². The van der Waals surface area contributed by atoms with Crippen LogP contribution in [0.15, 0.2) is 36.8 Å². The molecule has 1 aromatic carbocycles. The summed E-state index contributed by atoms with van der Waals surface area (Å²) in [7, 11) is 1.62. The van der Waals surface area contributed by atoms with Crippen LogP contribution in [0.4, 0.5) is 10.6 Å². The average molecular weight is 369 g/mol. The Hall–Kier alpha value is -3.33. The third kappa shape index (κ3) is 3.13. The number of nitrogen functional groups attached to an aromatic ring is 1. The van der Waals surface area contributed by atoms with E-state index in [1.807, 2.05) is 35.0 Å². The van der Waals surface area contributed by atoms with Gasteiger partial charge in [0, 0.05) is 18.3 Å². The molecule has 3 N–H and O–H groups in total. The zero-order valence-corrected chi connectivity index (χ0v) is 14.7. The molecule has 2 aromatic heterocycles. The lowest BCUT2D eigenvalue weighted by atomic mass is 10.1. The number of hydrogen-bond donors (Lipinski definition) is 2. The number of methoxy groups -OCH3 is 1. The number of aromatic nitrogens is 3. The zero-order chi connectivity index (χ0) is 19.0.